The summed E-state index contributed by atoms with van der Waals surface area (Å²) in [7, 11) is 0. The number of nitrogen functional groups attached to an aromatic ring is 1. The average Bonchev–Trinajstić information content (AvgIpc) is 2.59. The van der Waals surface area contributed by atoms with Crippen molar-refractivity contribution in [3.8, 4) is 0 Å². The lowest BCUT2D eigenvalue weighted by Gasteiger charge is -2.02. The van der Waals surface area contributed by atoms with Crippen LogP contribution in [0.5, 0.6) is 0 Å². The fraction of sp³-hybridized carbons (Fsp3) is 0.417. The van der Waals surface area contributed by atoms with Crippen molar-refractivity contribution in [2.24, 2.45) is 5.92 Å². The van der Waals surface area contributed by atoms with E-state index in [1.165, 1.54) is 0 Å². The largest absolute Gasteiger partial charge is 0.441 e. The van der Waals surface area contributed by atoms with Crippen molar-refractivity contribution < 1.29 is 4.42 Å². The van der Waals surface area contributed by atoms with Gasteiger partial charge in [-0.25, -0.2) is 4.98 Å². The molecule has 0 spiro atoms. The Balaban J connectivity index is 2.30. The van der Waals surface area contributed by atoms with Gasteiger partial charge in [-0.05, 0) is 24.1 Å². The molecule has 3 heteroatoms. The Morgan fingerprint density at radius 1 is 1.47 bits per heavy atom. The average molecular weight is 204 g/mol. The minimum atomic E-state index is 0.607. The first-order chi connectivity index (χ1) is 7.19. The van der Waals surface area contributed by atoms with Gasteiger partial charge in [-0.2, -0.15) is 0 Å². The summed E-state index contributed by atoms with van der Waals surface area (Å²) >= 11 is 0. The van der Waals surface area contributed by atoms with E-state index in [1.807, 2.05) is 18.2 Å². The normalized spacial score (nSPS) is 13.2. The van der Waals surface area contributed by atoms with E-state index in [9.17, 15) is 0 Å². The van der Waals surface area contributed by atoms with Crippen molar-refractivity contribution in [1.29, 1.82) is 0 Å². The van der Waals surface area contributed by atoms with Gasteiger partial charge in [0, 0.05) is 12.1 Å². The molecule has 0 aliphatic rings. The van der Waals surface area contributed by atoms with Crippen molar-refractivity contribution >= 4 is 16.8 Å². The molecule has 15 heavy (non-hydrogen) atoms. The molecule has 2 rings (SSSR count). The van der Waals surface area contributed by atoms with Gasteiger partial charge >= 0.3 is 0 Å². The Bertz CT molecular complexity index is 462. The molecule has 1 aromatic heterocycles. The van der Waals surface area contributed by atoms with Gasteiger partial charge in [0.25, 0.3) is 0 Å². The summed E-state index contributed by atoms with van der Waals surface area (Å²) in [6, 6.07) is 5.55. The minimum Gasteiger partial charge on any atom is -0.441 e. The minimum absolute atomic E-state index is 0.607. The highest BCUT2D eigenvalue weighted by Crippen LogP contribution is 2.20. The fourth-order valence-corrected chi connectivity index (χ4v) is 1.52. The molecule has 0 saturated heterocycles. The number of rotatable bonds is 3. The molecule has 80 valence electrons. The van der Waals surface area contributed by atoms with Gasteiger partial charge in [0.2, 0.25) is 0 Å². The number of nitrogens with two attached hydrogens (primary N) is 1. The first-order valence-corrected chi connectivity index (χ1v) is 5.34. The molecule has 1 atom stereocenters. The van der Waals surface area contributed by atoms with Gasteiger partial charge in [0.1, 0.15) is 5.52 Å². The SMILES string of the molecule is CCC(C)Cc1nc2cc(N)ccc2o1. The highest BCUT2D eigenvalue weighted by atomic mass is 16.3. The smallest absolute Gasteiger partial charge is 0.195 e. The van der Waals surface area contributed by atoms with E-state index in [1.54, 1.807) is 0 Å². The van der Waals surface area contributed by atoms with Gasteiger partial charge in [-0.3, -0.25) is 0 Å². The molecule has 1 aromatic carbocycles. The van der Waals surface area contributed by atoms with Gasteiger partial charge in [-0.1, -0.05) is 20.3 Å². The topological polar surface area (TPSA) is 52.0 Å². The third-order valence-corrected chi connectivity index (χ3v) is 2.68. The highest BCUT2D eigenvalue weighted by Gasteiger charge is 2.08. The standard InChI is InChI=1S/C12H16N2O/c1-3-8(2)6-12-14-10-7-9(13)4-5-11(10)15-12/h4-5,7-8H,3,6,13H2,1-2H3. The molecule has 0 aliphatic carbocycles. The van der Waals surface area contributed by atoms with Crippen LogP contribution < -0.4 is 5.73 Å². The highest BCUT2D eigenvalue weighted by molar-refractivity contribution is 5.76. The summed E-state index contributed by atoms with van der Waals surface area (Å²) in [6.45, 7) is 4.37. The number of fused-ring (bicyclic) bond motifs is 1. The van der Waals surface area contributed by atoms with Gasteiger partial charge in [0.05, 0.1) is 0 Å². The fourth-order valence-electron chi connectivity index (χ4n) is 1.52. The van der Waals surface area contributed by atoms with E-state index in [4.69, 9.17) is 10.2 Å². The summed E-state index contributed by atoms with van der Waals surface area (Å²) in [4.78, 5) is 4.41. The molecular weight excluding hydrogens is 188 g/mol. The number of hydrogen-bond donors (Lipinski definition) is 1. The van der Waals surface area contributed by atoms with Crippen molar-refractivity contribution in [1.82, 2.24) is 4.98 Å². The van der Waals surface area contributed by atoms with E-state index >= 15 is 0 Å². The van der Waals surface area contributed by atoms with Crippen LogP contribution in [0.3, 0.4) is 0 Å². The molecule has 0 amide bonds. The van der Waals surface area contributed by atoms with Gasteiger partial charge < -0.3 is 10.2 Å². The third kappa shape index (κ3) is 2.12. The lowest BCUT2D eigenvalue weighted by Crippen LogP contribution is -1.97. The number of benzene rings is 1. The van der Waals surface area contributed by atoms with Crippen molar-refractivity contribution in [2.45, 2.75) is 26.7 Å². The first kappa shape index (κ1) is 10.0. The molecule has 2 N–H and O–H groups in total. The van der Waals surface area contributed by atoms with Crippen molar-refractivity contribution in [3.05, 3.63) is 24.1 Å². The molecule has 1 unspecified atom stereocenters. The lowest BCUT2D eigenvalue weighted by molar-refractivity contribution is 0.455. The molecule has 0 aliphatic heterocycles. The molecule has 0 radical (unpaired) electrons. The number of nitrogens with zero attached hydrogens (tertiary/aromatic N) is 1. The number of aromatic nitrogens is 1. The summed E-state index contributed by atoms with van der Waals surface area (Å²) in [5.41, 5.74) is 8.08. The van der Waals surface area contributed by atoms with Crippen molar-refractivity contribution in [3.63, 3.8) is 0 Å². The Morgan fingerprint density at radius 2 is 2.27 bits per heavy atom. The second-order valence-corrected chi connectivity index (χ2v) is 4.05. The first-order valence-electron chi connectivity index (χ1n) is 5.34. The van der Waals surface area contributed by atoms with Crippen LogP contribution >= 0.6 is 0 Å². The van der Waals surface area contributed by atoms with Crippen LogP contribution in [-0.4, -0.2) is 4.98 Å². The Kier molecular flexibility index (Phi) is 2.62. The maximum absolute atomic E-state index is 5.68. The molecule has 3 nitrogen and oxygen atoms in total. The Hall–Kier alpha value is -1.51. The van der Waals surface area contributed by atoms with E-state index < -0.39 is 0 Å². The van der Waals surface area contributed by atoms with Gasteiger partial charge in [0.15, 0.2) is 11.5 Å². The summed E-state index contributed by atoms with van der Waals surface area (Å²) in [5.74, 6) is 1.42. The number of anilines is 1. The van der Waals surface area contributed by atoms with Crippen molar-refractivity contribution in [2.75, 3.05) is 5.73 Å². The zero-order valence-electron chi connectivity index (χ0n) is 9.16. The second kappa shape index (κ2) is 3.93. The zero-order chi connectivity index (χ0) is 10.8. The quantitative estimate of drug-likeness (QED) is 0.782. The van der Waals surface area contributed by atoms with E-state index in [-0.39, 0.29) is 0 Å². The maximum Gasteiger partial charge on any atom is 0.195 e. The van der Waals surface area contributed by atoms with E-state index in [0.717, 1.165) is 35.5 Å². The van der Waals surface area contributed by atoms with Crippen LogP contribution in [0.25, 0.3) is 11.1 Å². The summed E-state index contributed by atoms with van der Waals surface area (Å²) in [6.07, 6.45) is 2.03. The summed E-state index contributed by atoms with van der Waals surface area (Å²) < 4.78 is 5.63. The predicted octanol–water partition coefficient (Wildman–Crippen LogP) is 3.00. The third-order valence-electron chi connectivity index (χ3n) is 2.68. The van der Waals surface area contributed by atoms with Crippen LogP contribution in [0.4, 0.5) is 5.69 Å². The Morgan fingerprint density at radius 3 is 3.00 bits per heavy atom. The van der Waals surface area contributed by atoms with Gasteiger partial charge in [-0.15, -0.1) is 0 Å². The monoisotopic (exact) mass is 204 g/mol. The Labute approximate surface area is 89.3 Å². The summed E-state index contributed by atoms with van der Waals surface area (Å²) in [5, 5.41) is 0. The lowest BCUT2D eigenvalue weighted by atomic mass is 10.1. The molecule has 0 fully saturated rings. The maximum atomic E-state index is 5.68. The molecule has 0 saturated carbocycles. The van der Waals surface area contributed by atoms with Crippen LogP contribution in [0.2, 0.25) is 0 Å². The molecule has 2 aromatic rings. The number of hydrogen-bond acceptors (Lipinski definition) is 3. The molecule has 0 bridgehead atoms. The molecule has 1 heterocycles. The molecular formula is C12H16N2O. The van der Waals surface area contributed by atoms with Crippen LogP contribution in [0.15, 0.2) is 22.6 Å². The van der Waals surface area contributed by atoms with Crippen LogP contribution in [0, 0.1) is 5.92 Å². The van der Waals surface area contributed by atoms with E-state index in [0.29, 0.717) is 5.92 Å². The second-order valence-electron chi connectivity index (χ2n) is 4.05. The zero-order valence-corrected chi connectivity index (χ0v) is 9.16. The number of oxazole rings is 1. The van der Waals surface area contributed by atoms with Crippen LogP contribution in [-0.2, 0) is 6.42 Å². The predicted molar refractivity (Wildman–Crippen MR) is 61.6 cm³/mol. The van der Waals surface area contributed by atoms with Crippen LogP contribution in [0.1, 0.15) is 26.2 Å². The van der Waals surface area contributed by atoms with E-state index in [2.05, 4.69) is 18.8 Å².